The van der Waals surface area contributed by atoms with E-state index in [9.17, 15) is 23.1 Å². The van der Waals surface area contributed by atoms with Crippen LogP contribution in [0.5, 0.6) is 5.75 Å². The highest BCUT2D eigenvalue weighted by atomic mass is 19.4. The fourth-order valence-electron chi connectivity index (χ4n) is 4.79. The number of pyridine rings is 1. The summed E-state index contributed by atoms with van der Waals surface area (Å²) in [6.07, 6.45) is 1.93. The molecule has 0 fully saturated rings. The fourth-order valence-corrected chi connectivity index (χ4v) is 4.79. The van der Waals surface area contributed by atoms with E-state index in [1.807, 2.05) is 6.92 Å². The number of hydrogen-bond acceptors (Lipinski definition) is 7. The largest absolute Gasteiger partial charge is 0.507 e. The van der Waals surface area contributed by atoms with Crippen molar-refractivity contribution < 1.29 is 23.1 Å². The monoisotopic (exact) mass is 581 g/mol. The Hall–Kier alpha value is -5.78. The summed E-state index contributed by atoms with van der Waals surface area (Å²) in [4.78, 5) is 26.0. The van der Waals surface area contributed by atoms with Crippen molar-refractivity contribution in [2.45, 2.75) is 13.1 Å². The van der Waals surface area contributed by atoms with Gasteiger partial charge in [-0.1, -0.05) is 12.1 Å². The van der Waals surface area contributed by atoms with E-state index >= 15 is 0 Å². The Kier molecular flexibility index (Phi) is 6.73. The summed E-state index contributed by atoms with van der Waals surface area (Å²) >= 11 is 0. The topological polar surface area (TPSA) is 132 Å². The minimum Gasteiger partial charge on any atom is -0.507 e. The number of nitrogens with one attached hydrogen (secondary N) is 1. The molecule has 9 nitrogen and oxygen atoms in total. The predicted molar refractivity (Wildman–Crippen MR) is 156 cm³/mol. The van der Waals surface area contributed by atoms with E-state index in [1.54, 1.807) is 71.9 Å². The number of carbonyl (C=O) groups is 1. The molecular weight excluding hydrogens is 559 g/mol. The molecule has 0 saturated carbocycles. The average molecular weight is 582 g/mol. The molecule has 0 atom stereocenters. The number of rotatable bonds is 5. The Balaban J connectivity index is 1.46. The molecule has 0 unspecified atom stereocenters. The lowest BCUT2D eigenvalue weighted by molar-refractivity contribution is -0.137. The van der Waals surface area contributed by atoms with Gasteiger partial charge in [0.2, 0.25) is 5.95 Å². The molecule has 12 heteroatoms. The smallest absolute Gasteiger partial charge is 0.416 e. The number of halogens is 3. The number of alkyl halides is 3. The minimum atomic E-state index is -4.55. The molecule has 6 rings (SSSR count). The van der Waals surface area contributed by atoms with E-state index in [4.69, 9.17) is 5.73 Å². The predicted octanol–water partition coefficient (Wildman–Crippen LogP) is 6.41. The normalized spacial score (nSPS) is 11.5. The molecule has 3 aromatic carbocycles. The highest BCUT2D eigenvalue weighted by Gasteiger charge is 2.30. The van der Waals surface area contributed by atoms with Gasteiger partial charge in [-0.3, -0.25) is 4.79 Å². The molecule has 6 aromatic rings. The van der Waals surface area contributed by atoms with Crippen LogP contribution in [0.1, 0.15) is 21.5 Å². The first-order valence-corrected chi connectivity index (χ1v) is 12.9. The van der Waals surface area contributed by atoms with Crippen molar-refractivity contribution in [2.24, 2.45) is 0 Å². The zero-order valence-corrected chi connectivity index (χ0v) is 22.5. The van der Waals surface area contributed by atoms with E-state index in [0.717, 1.165) is 17.7 Å². The van der Waals surface area contributed by atoms with E-state index in [1.165, 1.54) is 12.1 Å². The Morgan fingerprint density at radius 1 is 0.977 bits per heavy atom. The third-order valence-electron chi connectivity index (χ3n) is 6.88. The van der Waals surface area contributed by atoms with Gasteiger partial charge in [0.05, 0.1) is 16.6 Å². The first kappa shape index (κ1) is 27.4. The van der Waals surface area contributed by atoms with Gasteiger partial charge in [-0.15, -0.1) is 0 Å². The van der Waals surface area contributed by atoms with Gasteiger partial charge >= 0.3 is 6.18 Å². The van der Waals surface area contributed by atoms with Gasteiger partial charge in [0, 0.05) is 47.0 Å². The molecule has 0 bridgehead atoms. The van der Waals surface area contributed by atoms with Crippen molar-refractivity contribution in [1.82, 2.24) is 24.7 Å². The second kappa shape index (κ2) is 10.6. The van der Waals surface area contributed by atoms with Gasteiger partial charge in [-0.05, 0) is 78.2 Å². The molecule has 0 aliphatic heterocycles. The molecule has 3 heterocycles. The summed E-state index contributed by atoms with van der Waals surface area (Å²) in [7, 11) is 0. The van der Waals surface area contributed by atoms with Gasteiger partial charge < -0.3 is 16.2 Å². The van der Waals surface area contributed by atoms with Crippen LogP contribution in [0.15, 0.2) is 91.5 Å². The summed E-state index contributed by atoms with van der Waals surface area (Å²) in [6, 6.07) is 16.1. The molecule has 1 amide bonds. The fraction of sp³-hybridized carbons (Fsp3) is 0.0645. The number of aromatic nitrogens is 5. The van der Waals surface area contributed by atoms with E-state index < -0.39 is 17.6 Å². The maximum Gasteiger partial charge on any atom is 0.416 e. The molecular formula is C31H22F3N7O2. The molecule has 0 aliphatic rings. The SMILES string of the molecule is Cc1ccc(C(=O)Nc2cccc(C(F)(F)F)c2)cc1-c1cc2cnc(N)nc2c(-c2ccnc(-n3cccn3)c2)c1O. The van der Waals surface area contributed by atoms with Crippen LogP contribution < -0.4 is 11.1 Å². The zero-order valence-electron chi connectivity index (χ0n) is 22.5. The Morgan fingerprint density at radius 2 is 1.81 bits per heavy atom. The quantitative estimate of drug-likeness (QED) is 0.214. The third kappa shape index (κ3) is 5.33. The van der Waals surface area contributed by atoms with Crippen LogP contribution in [0, 0.1) is 6.92 Å². The number of hydrogen-bond donors (Lipinski definition) is 3. The number of amides is 1. The molecule has 0 saturated heterocycles. The number of fused-ring (bicyclic) bond motifs is 1. The summed E-state index contributed by atoms with van der Waals surface area (Å²) in [5.74, 6) is -0.212. The van der Waals surface area contributed by atoms with Crippen LogP contribution in [-0.2, 0) is 6.18 Å². The lowest BCUT2D eigenvalue weighted by Crippen LogP contribution is -2.13. The van der Waals surface area contributed by atoms with Gasteiger partial charge in [0.25, 0.3) is 5.91 Å². The summed E-state index contributed by atoms with van der Waals surface area (Å²) < 4.78 is 41.1. The number of nitrogen functional groups attached to an aromatic ring is 1. The molecule has 0 aliphatic carbocycles. The summed E-state index contributed by atoms with van der Waals surface area (Å²) in [5.41, 5.74) is 8.22. The number of phenols is 1. The van der Waals surface area contributed by atoms with Gasteiger partial charge in [0.15, 0.2) is 5.82 Å². The summed E-state index contributed by atoms with van der Waals surface area (Å²) in [6.45, 7) is 1.81. The maximum atomic E-state index is 13.2. The van der Waals surface area contributed by atoms with Crippen molar-refractivity contribution in [1.29, 1.82) is 0 Å². The molecule has 0 spiro atoms. The van der Waals surface area contributed by atoms with E-state index in [2.05, 4.69) is 25.4 Å². The van der Waals surface area contributed by atoms with Crippen LogP contribution in [0.3, 0.4) is 0 Å². The number of carbonyl (C=O) groups excluding carboxylic acids is 1. The van der Waals surface area contributed by atoms with Crippen LogP contribution in [-0.4, -0.2) is 35.7 Å². The lowest BCUT2D eigenvalue weighted by atomic mass is 9.91. The van der Waals surface area contributed by atoms with Crippen molar-refractivity contribution in [2.75, 3.05) is 11.1 Å². The molecule has 4 N–H and O–H groups in total. The third-order valence-corrected chi connectivity index (χ3v) is 6.88. The van der Waals surface area contributed by atoms with Crippen molar-refractivity contribution in [3.8, 4) is 33.8 Å². The molecule has 0 radical (unpaired) electrons. The van der Waals surface area contributed by atoms with Gasteiger partial charge in [-0.25, -0.2) is 19.6 Å². The van der Waals surface area contributed by atoms with Crippen LogP contribution in [0.25, 0.3) is 39.0 Å². The minimum absolute atomic E-state index is 0.00167. The van der Waals surface area contributed by atoms with Crippen molar-refractivity contribution >= 4 is 28.4 Å². The Morgan fingerprint density at radius 3 is 2.58 bits per heavy atom. The van der Waals surface area contributed by atoms with E-state index in [0.29, 0.717) is 39.0 Å². The van der Waals surface area contributed by atoms with E-state index in [-0.39, 0.29) is 22.9 Å². The van der Waals surface area contributed by atoms with Crippen LogP contribution >= 0.6 is 0 Å². The average Bonchev–Trinajstić information content (AvgIpc) is 3.52. The Labute approximate surface area is 242 Å². The van der Waals surface area contributed by atoms with Crippen molar-refractivity contribution in [3.05, 3.63) is 108 Å². The lowest BCUT2D eigenvalue weighted by Gasteiger charge is -2.17. The first-order chi connectivity index (χ1) is 20.6. The summed E-state index contributed by atoms with van der Waals surface area (Å²) in [5, 5.41) is 19.1. The van der Waals surface area contributed by atoms with Gasteiger partial charge in [-0.2, -0.15) is 18.3 Å². The molecule has 214 valence electrons. The van der Waals surface area contributed by atoms with Crippen molar-refractivity contribution in [3.63, 3.8) is 0 Å². The second-order valence-corrected chi connectivity index (χ2v) is 9.73. The number of aromatic hydroxyl groups is 1. The van der Waals surface area contributed by atoms with Crippen LogP contribution in [0.2, 0.25) is 0 Å². The number of anilines is 2. The highest BCUT2D eigenvalue weighted by Crippen LogP contribution is 2.44. The number of benzene rings is 3. The second-order valence-electron chi connectivity index (χ2n) is 9.73. The van der Waals surface area contributed by atoms with Crippen LogP contribution in [0.4, 0.5) is 24.8 Å². The number of phenolic OH excluding ortho intramolecular Hbond substituents is 1. The Bertz CT molecular complexity index is 2010. The number of nitrogens with zero attached hydrogens (tertiary/aromatic N) is 5. The maximum absolute atomic E-state index is 13.2. The highest BCUT2D eigenvalue weighted by molar-refractivity contribution is 6.06. The number of nitrogens with two attached hydrogens (primary N) is 1. The first-order valence-electron chi connectivity index (χ1n) is 12.9. The van der Waals surface area contributed by atoms with Gasteiger partial charge in [0.1, 0.15) is 5.75 Å². The zero-order chi connectivity index (χ0) is 30.3. The molecule has 43 heavy (non-hydrogen) atoms. The standard InChI is InChI=1S/C31H22F3N7O2/c1-17-6-7-19(29(43)39-22-5-2-4-21(15-22)31(32,33)34)12-23(17)24-13-20-16-37-30(35)40-27(20)26(28(24)42)18-8-10-36-25(14-18)41-11-3-9-38-41/h2-16,42H,1H3,(H,39,43)(H2,35,37,40). The molecule has 3 aromatic heterocycles. The number of aryl methyl sites for hydroxylation is 1.